The van der Waals surface area contributed by atoms with Crippen LogP contribution in [0.5, 0.6) is 11.5 Å². The fourth-order valence-electron chi connectivity index (χ4n) is 2.49. The van der Waals surface area contributed by atoms with Crippen molar-refractivity contribution in [3.8, 4) is 11.5 Å². The minimum atomic E-state index is -0.708. The Balaban J connectivity index is 1.69. The van der Waals surface area contributed by atoms with Crippen LogP contribution >= 0.6 is 23.2 Å². The zero-order valence-corrected chi connectivity index (χ0v) is 18.9. The van der Waals surface area contributed by atoms with Gasteiger partial charge in [0.25, 0.3) is 11.8 Å². The van der Waals surface area contributed by atoms with Crippen LogP contribution in [-0.2, 0) is 9.59 Å². The average molecular weight is 499 g/mol. The lowest BCUT2D eigenvalue weighted by atomic mass is 10.1. The number of hydrazine groups is 1. The Morgan fingerprint density at radius 2 is 1.73 bits per heavy atom. The van der Waals surface area contributed by atoms with Gasteiger partial charge in [0, 0.05) is 23.1 Å². The lowest BCUT2D eigenvalue weighted by molar-refractivity contribution is -0.385. The number of nitrogens with zero attached hydrogens (tertiary/aromatic N) is 1. The van der Waals surface area contributed by atoms with Crippen molar-refractivity contribution in [1.29, 1.82) is 0 Å². The molecule has 0 radical (unpaired) electrons. The van der Waals surface area contributed by atoms with Gasteiger partial charge in [-0.15, -0.1) is 0 Å². The number of rotatable bonds is 10. The fourth-order valence-corrected chi connectivity index (χ4v) is 2.95. The minimum absolute atomic E-state index is 0.00123. The van der Waals surface area contributed by atoms with Crippen molar-refractivity contribution in [3.63, 3.8) is 0 Å². The van der Waals surface area contributed by atoms with E-state index in [-0.39, 0.29) is 30.0 Å². The highest BCUT2D eigenvalue weighted by atomic mass is 35.5. The number of methoxy groups -OCH3 is 1. The van der Waals surface area contributed by atoms with Gasteiger partial charge < -0.3 is 14.8 Å². The zero-order valence-electron chi connectivity index (χ0n) is 17.4. The summed E-state index contributed by atoms with van der Waals surface area (Å²) in [6.45, 7) is -0.246. The third-order valence-corrected chi connectivity index (χ3v) is 4.62. The number of halogens is 2. The summed E-state index contributed by atoms with van der Waals surface area (Å²) in [4.78, 5) is 46.1. The molecule has 0 heterocycles. The molecule has 2 aromatic carbocycles. The number of hydrogen-bond donors (Lipinski definition) is 3. The highest BCUT2D eigenvalue weighted by molar-refractivity contribution is 6.35. The molecule has 3 N–H and O–H groups in total. The van der Waals surface area contributed by atoms with Gasteiger partial charge in [-0.1, -0.05) is 23.2 Å². The van der Waals surface area contributed by atoms with Gasteiger partial charge in [-0.3, -0.25) is 35.3 Å². The van der Waals surface area contributed by atoms with E-state index < -0.39 is 29.2 Å². The van der Waals surface area contributed by atoms with Crippen LogP contribution in [0.4, 0.5) is 5.69 Å². The molecule has 2 rings (SSSR count). The number of benzene rings is 2. The standard InChI is InChI=1S/C20H20Cl2N4O7/c1-32-17-6-4-12(9-15(17)26(30)31)20(29)23-11-19(28)25-24-18(27)3-2-8-33-16-7-5-13(21)10-14(16)22/h4-7,9-10H,2-3,8,11H2,1H3,(H,23,29)(H,24,27)(H,25,28). The molecule has 33 heavy (non-hydrogen) atoms. The van der Waals surface area contributed by atoms with E-state index in [2.05, 4.69) is 16.2 Å². The van der Waals surface area contributed by atoms with E-state index in [0.717, 1.165) is 6.07 Å². The largest absolute Gasteiger partial charge is 0.492 e. The van der Waals surface area contributed by atoms with Crippen LogP contribution in [0.3, 0.4) is 0 Å². The lowest BCUT2D eigenvalue weighted by Gasteiger charge is -2.10. The molecule has 176 valence electrons. The van der Waals surface area contributed by atoms with Crippen molar-refractivity contribution < 1.29 is 28.8 Å². The number of nitro groups is 1. The molecule has 0 aliphatic carbocycles. The molecule has 0 atom stereocenters. The normalized spacial score (nSPS) is 10.2. The highest BCUT2D eigenvalue weighted by Crippen LogP contribution is 2.28. The smallest absolute Gasteiger partial charge is 0.311 e. The first-order chi connectivity index (χ1) is 15.7. The molecule has 0 fully saturated rings. The summed E-state index contributed by atoms with van der Waals surface area (Å²) in [5.41, 5.74) is 3.95. The first kappa shape index (κ1) is 25.7. The Morgan fingerprint density at radius 1 is 1.03 bits per heavy atom. The maximum atomic E-state index is 12.1. The average Bonchev–Trinajstić information content (AvgIpc) is 2.79. The second-order valence-electron chi connectivity index (χ2n) is 6.45. The van der Waals surface area contributed by atoms with Crippen molar-refractivity contribution in [1.82, 2.24) is 16.2 Å². The molecule has 0 spiro atoms. The predicted molar refractivity (Wildman–Crippen MR) is 119 cm³/mol. The Labute approximate surface area is 198 Å². The summed E-state index contributed by atoms with van der Waals surface area (Å²) in [6.07, 6.45) is 0.418. The second kappa shape index (κ2) is 12.5. The van der Waals surface area contributed by atoms with Crippen molar-refractivity contribution in [2.24, 2.45) is 0 Å². The Hall–Kier alpha value is -3.57. The molecule has 0 saturated carbocycles. The summed E-state index contributed by atoms with van der Waals surface area (Å²) in [5.74, 6) is -1.43. The van der Waals surface area contributed by atoms with Gasteiger partial charge in [-0.2, -0.15) is 0 Å². The van der Waals surface area contributed by atoms with E-state index in [0.29, 0.717) is 22.2 Å². The third kappa shape index (κ3) is 8.13. The third-order valence-electron chi connectivity index (χ3n) is 4.09. The summed E-state index contributed by atoms with van der Waals surface area (Å²) >= 11 is 11.8. The van der Waals surface area contributed by atoms with Crippen LogP contribution in [0, 0.1) is 10.1 Å². The van der Waals surface area contributed by atoms with Crippen molar-refractivity contribution in [2.75, 3.05) is 20.3 Å². The summed E-state index contributed by atoms with van der Waals surface area (Å²) in [6, 6.07) is 8.41. The second-order valence-corrected chi connectivity index (χ2v) is 7.29. The van der Waals surface area contributed by atoms with Gasteiger partial charge in [0.1, 0.15) is 5.75 Å². The number of amides is 3. The van der Waals surface area contributed by atoms with Gasteiger partial charge in [-0.05, 0) is 36.8 Å². The fraction of sp³-hybridized carbons (Fsp3) is 0.250. The summed E-state index contributed by atoms with van der Waals surface area (Å²) in [5, 5.41) is 14.2. The highest BCUT2D eigenvalue weighted by Gasteiger charge is 2.18. The SMILES string of the molecule is COc1ccc(C(=O)NCC(=O)NNC(=O)CCCOc2ccc(Cl)cc2Cl)cc1[N+](=O)[O-]. The van der Waals surface area contributed by atoms with Gasteiger partial charge in [-0.25, -0.2) is 0 Å². The predicted octanol–water partition coefficient (Wildman–Crippen LogP) is 2.65. The number of nitrogens with one attached hydrogen (secondary N) is 3. The number of ether oxygens (including phenoxy) is 2. The topological polar surface area (TPSA) is 149 Å². The molecule has 0 saturated heterocycles. The maximum Gasteiger partial charge on any atom is 0.311 e. The monoisotopic (exact) mass is 498 g/mol. The summed E-state index contributed by atoms with van der Waals surface area (Å²) in [7, 11) is 1.27. The maximum absolute atomic E-state index is 12.1. The number of hydrogen-bond acceptors (Lipinski definition) is 7. The zero-order chi connectivity index (χ0) is 24.4. The van der Waals surface area contributed by atoms with Gasteiger partial charge in [0.15, 0.2) is 5.75 Å². The molecule has 0 unspecified atom stereocenters. The van der Waals surface area contributed by atoms with E-state index in [1.807, 2.05) is 0 Å². The summed E-state index contributed by atoms with van der Waals surface area (Å²) < 4.78 is 10.3. The number of carbonyl (C=O) groups excluding carboxylic acids is 3. The van der Waals surface area contributed by atoms with E-state index in [4.69, 9.17) is 32.7 Å². The van der Waals surface area contributed by atoms with E-state index in [9.17, 15) is 24.5 Å². The number of carbonyl (C=O) groups is 3. The Morgan fingerprint density at radius 3 is 2.39 bits per heavy atom. The van der Waals surface area contributed by atoms with Crippen molar-refractivity contribution in [2.45, 2.75) is 12.8 Å². The van der Waals surface area contributed by atoms with Crippen LogP contribution in [0.15, 0.2) is 36.4 Å². The first-order valence-corrected chi connectivity index (χ1v) is 10.2. The van der Waals surface area contributed by atoms with E-state index >= 15 is 0 Å². The van der Waals surface area contributed by atoms with Crippen LogP contribution in [0.2, 0.25) is 10.0 Å². The molecule has 3 amide bonds. The molecule has 2 aromatic rings. The molecule has 11 nitrogen and oxygen atoms in total. The first-order valence-electron chi connectivity index (χ1n) is 9.47. The molecule has 13 heteroatoms. The Bertz CT molecular complexity index is 1050. The Kier molecular flexibility index (Phi) is 9.70. The van der Waals surface area contributed by atoms with Gasteiger partial charge >= 0.3 is 5.69 Å². The number of nitro benzene ring substituents is 1. The van der Waals surface area contributed by atoms with Crippen LogP contribution in [0.25, 0.3) is 0 Å². The molecule has 0 aliphatic rings. The van der Waals surface area contributed by atoms with Gasteiger partial charge in [0.05, 0.1) is 30.2 Å². The van der Waals surface area contributed by atoms with Crippen LogP contribution in [0.1, 0.15) is 23.2 Å². The lowest BCUT2D eigenvalue weighted by Crippen LogP contribution is -2.46. The molecule has 0 aromatic heterocycles. The van der Waals surface area contributed by atoms with Crippen molar-refractivity contribution in [3.05, 3.63) is 62.1 Å². The molecular formula is C20H20Cl2N4O7. The quantitative estimate of drug-likeness (QED) is 0.259. The van der Waals surface area contributed by atoms with E-state index in [1.165, 1.54) is 25.3 Å². The molecule has 0 aliphatic heterocycles. The minimum Gasteiger partial charge on any atom is -0.492 e. The molecular weight excluding hydrogens is 479 g/mol. The van der Waals surface area contributed by atoms with Gasteiger partial charge in [0.2, 0.25) is 5.91 Å². The van der Waals surface area contributed by atoms with Crippen LogP contribution < -0.4 is 25.6 Å². The van der Waals surface area contributed by atoms with Crippen LogP contribution in [-0.4, -0.2) is 42.9 Å². The van der Waals surface area contributed by atoms with Crippen molar-refractivity contribution >= 4 is 46.6 Å². The molecule has 0 bridgehead atoms. The van der Waals surface area contributed by atoms with E-state index in [1.54, 1.807) is 12.1 Å².